The molecule has 0 fully saturated rings. The van der Waals surface area contributed by atoms with Crippen molar-refractivity contribution in [2.45, 2.75) is 6.92 Å². The Bertz CT molecular complexity index is 640. The molecule has 2 rings (SSSR count). The fourth-order valence-corrected chi connectivity index (χ4v) is 1.87. The number of carbonyl (C=O) groups excluding carboxylic acids is 1. The molecule has 0 aliphatic heterocycles. The summed E-state index contributed by atoms with van der Waals surface area (Å²) in [5.74, 6) is 0.517. The maximum Gasteiger partial charge on any atom is 0.259 e. The normalized spacial score (nSPS) is 10.0. The van der Waals surface area contributed by atoms with Gasteiger partial charge in [0.1, 0.15) is 17.2 Å². The van der Waals surface area contributed by atoms with Gasteiger partial charge in [0.15, 0.2) is 0 Å². The van der Waals surface area contributed by atoms with Gasteiger partial charge in [-0.25, -0.2) is 0 Å². The van der Waals surface area contributed by atoms with E-state index < -0.39 is 5.91 Å². The molecule has 110 valence electrons. The van der Waals surface area contributed by atoms with E-state index in [1.165, 1.54) is 19.2 Å². The van der Waals surface area contributed by atoms with Gasteiger partial charge in [0.2, 0.25) is 0 Å². The van der Waals surface area contributed by atoms with Crippen LogP contribution in [0.3, 0.4) is 0 Å². The lowest BCUT2D eigenvalue weighted by Gasteiger charge is -2.12. The van der Waals surface area contributed by atoms with Gasteiger partial charge in [0.05, 0.1) is 25.0 Å². The lowest BCUT2D eigenvalue weighted by molar-refractivity contribution is 0.102. The summed E-state index contributed by atoms with van der Waals surface area (Å²) in [5, 5.41) is 12.6. The molecule has 2 aromatic rings. The van der Waals surface area contributed by atoms with Gasteiger partial charge in [0, 0.05) is 6.07 Å². The average molecular weight is 287 g/mol. The van der Waals surface area contributed by atoms with E-state index in [0.29, 0.717) is 23.8 Å². The number of methoxy groups -OCH3 is 1. The maximum absolute atomic E-state index is 12.2. The molecular formula is C16H17NO4. The van der Waals surface area contributed by atoms with Gasteiger partial charge in [-0.1, -0.05) is 12.1 Å². The monoisotopic (exact) mass is 287 g/mol. The highest BCUT2D eigenvalue weighted by Crippen LogP contribution is 2.27. The first-order valence-electron chi connectivity index (χ1n) is 6.56. The third kappa shape index (κ3) is 3.45. The molecular weight excluding hydrogens is 270 g/mol. The topological polar surface area (TPSA) is 67.8 Å². The van der Waals surface area contributed by atoms with Crippen LogP contribution in [-0.2, 0) is 0 Å². The third-order valence-corrected chi connectivity index (χ3v) is 2.88. The molecule has 0 heterocycles. The molecule has 0 atom stereocenters. The van der Waals surface area contributed by atoms with Crippen LogP contribution in [-0.4, -0.2) is 24.7 Å². The SMILES string of the molecule is CCOc1ccccc1NC(=O)c1ccc(OC)cc1O. The zero-order chi connectivity index (χ0) is 15.2. The van der Waals surface area contributed by atoms with E-state index in [4.69, 9.17) is 9.47 Å². The summed E-state index contributed by atoms with van der Waals surface area (Å²) in [6.45, 7) is 2.37. The number of phenolic OH excluding ortho intramolecular Hbond substituents is 1. The Morgan fingerprint density at radius 3 is 2.67 bits per heavy atom. The van der Waals surface area contributed by atoms with E-state index in [1.54, 1.807) is 24.3 Å². The second-order valence-corrected chi connectivity index (χ2v) is 4.27. The van der Waals surface area contributed by atoms with Gasteiger partial charge in [-0.05, 0) is 31.2 Å². The van der Waals surface area contributed by atoms with Crippen molar-refractivity contribution in [3.63, 3.8) is 0 Å². The van der Waals surface area contributed by atoms with Crippen LogP contribution in [0.5, 0.6) is 17.2 Å². The second kappa shape index (κ2) is 6.65. The van der Waals surface area contributed by atoms with Crippen LogP contribution in [0.2, 0.25) is 0 Å². The van der Waals surface area contributed by atoms with Crippen LogP contribution < -0.4 is 14.8 Å². The lowest BCUT2D eigenvalue weighted by atomic mass is 10.1. The molecule has 5 nitrogen and oxygen atoms in total. The Morgan fingerprint density at radius 1 is 1.24 bits per heavy atom. The van der Waals surface area contributed by atoms with Crippen LogP contribution in [0.25, 0.3) is 0 Å². The number of hydrogen-bond donors (Lipinski definition) is 2. The number of amides is 1. The number of hydrogen-bond acceptors (Lipinski definition) is 4. The molecule has 2 N–H and O–H groups in total. The van der Waals surface area contributed by atoms with E-state index in [9.17, 15) is 9.90 Å². The minimum atomic E-state index is -0.415. The number of carbonyl (C=O) groups is 1. The highest BCUT2D eigenvalue weighted by Gasteiger charge is 2.14. The average Bonchev–Trinajstić information content (AvgIpc) is 2.49. The fraction of sp³-hybridized carbons (Fsp3) is 0.188. The molecule has 0 radical (unpaired) electrons. The first-order chi connectivity index (χ1) is 10.2. The van der Waals surface area contributed by atoms with Gasteiger partial charge >= 0.3 is 0 Å². The minimum Gasteiger partial charge on any atom is -0.507 e. The summed E-state index contributed by atoms with van der Waals surface area (Å²) in [4.78, 5) is 12.2. The number of para-hydroxylation sites is 2. The second-order valence-electron chi connectivity index (χ2n) is 4.27. The number of aromatic hydroxyl groups is 1. The van der Waals surface area contributed by atoms with Crippen molar-refractivity contribution in [3.05, 3.63) is 48.0 Å². The van der Waals surface area contributed by atoms with E-state index in [-0.39, 0.29) is 11.3 Å². The summed E-state index contributed by atoms with van der Waals surface area (Å²) in [5.41, 5.74) is 0.724. The molecule has 2 aromatic carbocycles. The summed E-state index contributed by atoms with van der Waals surface area (Å²) in [6, 6.07) is 11.6. The number of rotatable bonds is 5. The smallest absolute Gasteiger partial charge is 0.259 e. The summed E-state index contributed by atoms with van der Waals surface area (Å²) in [6.07, 6.45) is 0. The van der Waals surface area contributed by atoms with Crippen LogP contribution in [0.4, 0.5) is 5.69 Å². The Hall–Kier alpha value is -2.69. The number of benzene rings is 2. The van der Waals surface area contributed by atoms with Crippen molar-refractivity contribution in [2.24, 2.45) is 0 Å². The zero-order valence-corrected chi connectivity index (χ0v) is 11.9. The van der Waals surface area contributed by atoms with Crippen LogP contribution in [0, 0.1) is 0 Å². The highest BCUT2D eigenvalue weighted by atomic mass is 16.5. The van der Waals surface area contributed by atoms with Gasteiger partial charge < -0.3 is 19.9 Å². The number of ether oxygens (including phenoxy) is 2. The Morgan fingerprint density at radius 2 is 2.00 bits per heavy atom. The number of phenols is 1. The van der Waals surface area contributed by atoms with Crippen molar-refractivity contribution in [1.82, 2.24) is 0 Å². The summed E-state index contributed by atoms with van der Waals surface area (Å²) >= 11 is 0. The Balaban J connectivity index is 2.22. The van der Waals surface area contributed by atoms with Gasteiger partial charge in [0.25, 0.3) is 5.91 Å². The molecule has 21 heavy (non-hydrogen) atoms. The largest absolute Gasteiger partial charge is 0.507 e. The van der Waals surface area contributed by atoms with Crippen LogP contribution in [0.1, 0.15) is 17.3 Å². The number of anilines is 1. The predicted octanol–water partition coefficient (Wildman–Crippen LogP) is 3.05. The van der Waals surface area contributed by atoms with E-state index in [2.05, 4.69) is 5.32 Å². The van der Waals surface area contributed by atoms with Crippen molar-refractivity contribution in [3.8, 4) is 17.2 Å². The summed E-state index contributed by atoms with van der Waals surface area (Å²) in [7, 11) is 1.49. The summed E-state index contributed by atoms with van der Waals surface area (Å²) < 4.78 is 10.4. The quantitative estimate of drug-likeness (QED) is 0.887. The van der Waals surface area contributed by atoms with E-state index >= 15 is 0 Å². The van der Waals surface area contributed by atoms with Crippen LogP contribution in [0.15, 0.2) is 42.5 Å². The molecule has 0 bridgehead atoms. The third-order valence-electron chi connectivity index (χ3n) is 2.88. The van der Waals surface area contributed by atoms with E-state index in [0.717, 1.165) is 0 Å². The maximum atomic E-state index is 12.2. The van der Waals surface area contributed by atoms with Crippen molar-refractivity contribution in [1.29, 1.82) is 0 Å². The van der Waals surface area contributed by atoms with Gasteiger partial charge in [-0.3, -0.25) is 4.79 Å². The molecule has 0 aromatic heterocycles. The molecule has 5 heteroatoms. The first-order valence-corrected chi connectivity index (χ1v) is 6.56. The standard InChI is InChI=1S/C16H17NO4/c1-3-21-15-7-5-4-6-13(15)17-16(19)12-9-8-11(20-2)10-14(12)18/h4-10,18H,3H2,1-2H3,(H,17,19). The van der Waals surface area contributed by atoms with Gasteiger partial charge in [-0.15, -0.1) is 0 Å². The lowest BCUT2D eigenvalue weighted by Crippen LogP contribution is -2.13. The molecule has 0 saturated carbocycles. The van der Waals surface area contributed by atoms with Crippen LogP contribution >= 0.6 is 0 Å². The van der Waals surface area contributed by atoms with Gasteiger partial charge in [-0.2, -0.15) is 0 Å². The molecule has 0 spiro atoms. The first kappa shape index (κ1) is 14.7. The highest BCUT2D eigenvalue weighted by molar-refractivity contribution is 6.06. The molecule has 0 saturated heterocycles. The fourth-order valence-electron chi connectivity index (χ4n) is 1.87. The molecule has 0 aliphatic rings. The van der Waals surface area contributed by atoms with Crippen molar-refractivity contribution >= 4 is 11.6 Å². The molecule has 0 unspecified atom stereocenters. The van der Waals surface area contributed by atoms with Crippen molar-refractivity contribution in [2.75, 3.05) is 19.0 Å². The minimum absolute atomic E-state index is 0.138. The zero-order valence-electron chi connectivity index (χ0n) is 11.9. The van der Waals surface area contributed by atoms with E-state index in [1.807, 2.05) is 13.0 Å². The Kier molecular flexibility index (Phi) is 4.66. The Labute approximate surface area is 123 Å². The predicted molar refractivity (Wildman–Crippen MR) is 80.2 cm³/mol. The van der Waals surface area contributed by atoms with Crippen molar-refractivity contribution < 1.29 is 19.4 Å². The number of nitrogens with one attached hydrogen (secondary N) is 1. The molecule has 1 amide bonds. The molecule has 0 aliphatic carbocycles.